The Morgan fingerprint density at radius 2 is 1.69 bits per heavy atom. The lowest BCUT2D eigenvalue weighted by atomic mass is 10.2. The van der Waals surface area contributed by atoms with E-state index in [1.807, 2.05) is 0 Å². The topological polar surface area (TPSA) is 76.1 Å². The molecule has 0 atom stereocenters. The van der Waals surface area contributed by atoms with Gasteiger partial charge in [0.1, 0.15) is 5.75 Å². The highest BCUT2D eigenvalue weighted by molar-refractivity contribution is 6.34. The third-order valence-electron chi connectivity index (χ3n) is 3.45. The van der Waals surface area contributed by atoms with Crippen molar-refractivity contribution in [3.8, 4) is 5.75 Å². The minimum Gasteiger partial charge on any atom is -0.495 e. The summed E-state index contributed by atoms with van der Waals surface area (Å²) < 4.78 is 5.11. The van der Waals surface area contributed by atoms with E-state index in [-0.39, 0.29) is 5.91 Å². The Morgan fingerprint density at radius 3 is 2.35 bits per heavy atom. The van der Waals surface area contributed by atoms with Gasteiger partial charge in [0.15, 0.2) is 11.6 Å². The molecule has 0 spiro atoms. The van der Waals surface area contributed by atoms with Crippen LogP contribution < -0.4 is 15.4 Å². The predicted octanol–water partition coefficient (Wildman–Crippen LogP) is 4.79. The van der Waals surface area contributed by atoms with E-state index in [4.69, 9.17) is 27.9 Å². The Morgan fingerprint density at radius 1 is 0.962 bits per heavy atom. The monoisotopic (exact) mass is 388 g/mol. The molecular weight excluding hydrogens is 375 g/mol. The van der Waals surface area contributed by atoms with Crippen LogP contribution >= 0.6 is 23.2 Å². The van der Waals surface area contributed by atoms with Gasteiger partial charge in [-0.1, -0.05) is 35.3 Å². The van der Waals surface area contributed by atoms with Crippen molar-refractivity contribution in [1.29, 1.82) is 0 Å². The van der Waals surface area contributed by atoms with Crippen LogP contribution in [-0.2, 0) is 0 Å². The number of nitrogens with one attached hydrogen (secondary N) is 2. The molecule has 1 aromatic heterocycles. The van der Waals surface area contributed by atoms with E-state index in [0.29, 0.717) is 33.0 Å². The van der Waals surface area contributed by atoms with Gasteiger partial charge < -0.3 is 15.4 Å². The SMILES string of the molecule is COc1ccc(Nc2ccc(NC(=O)c3ccccc3Cl)nn2)cc1Cl. The summed E-state index contributed by atoms with van der Waals surface area (Å²) in [6.07, 6.45) is 0. The molecule has 0 aliphatic rings. The number of hydrogen-bond donors (Lipinski definition) is 2. The van der Waals surface area contributed by atoms with Crippen LogP contribution in [0.25, 0.3) is 0 Å². The fourth-order valence-electron chi connectivity index (χ4n) is 2.19. The number of carbonyl (C=O) groups excluding carboxylic acids is 1. The summed E-state index contributed by atoms with van der Waals surface area (Å²) in [5.41, 5.74) is 1.10. The number of hydrogen-bond acceptors (Lipinski definition) is 5. The summed E-state index contributed by atoms with van der Waals surface area (Å²) in [5.74, 6) is 1.05. The third kappa shape index (κ3) is 4.22. The van der Waals surface area contributed by atoms with E-state index in [9.17, 15) is 4.79 Å². The lowest BCUT2D eigenvalue weighted by Crippen LogP contribution is -2.14. The number of carbonyl (C=O) groups is 1. The van der Waals surface area contributed by atoms with Crippen molar-refractivity contribution >= 4 is 46.4 Å². The summed E-state index contributed by atoms with van der Waals surface area (Å²) in [4.78, 5) is 12.2. The molecule has 2 N–H and O–H groups in total. The van der Waals surface area contributed by atoms with Gasteiger partial charge in [-0.15, -0.1) is 10.2 Å². The summed E-state index contributed by atoms with van der Waals surface area (Å²) in [6, 6.07) is 15.4. The normalized spacial score (nSPS) is 10.3. The second-order valence-corrected chi connectivity index (χ2v) is 6.03. The molecule has 0 fully saturated rings. The highest BCUT2D eigenvalue weighted by Crippen LogP contribution is 2.28. The van der Waals surface area contributed by atoms with Gasteiger partial charge in [0, 0.05) is 5.69 Å². The maximum atomic E-state index is 12.2. The Bertz CT molecular complexity index is 933. The Balaban J connectivity index is 1.68. The molecule has 0 radical (unpaired) electrons. The molecule has 132 valence electrons. The molecule has 0 aliphatic heterocycles. The van der Waals surface area contributed by atoms with E-state index < -0.39 is 0 Å². The van der Waals surface area contributed by atoms with E-state index in [1.54, 1.807) is 61.7 Å². The Labute approximate surface area is 160 Å². The van der Waals surface area contributed by atoms with E-state index in [1.165, 1.54) is 0 Å². The number of nitrogens with zero attached hydrogens (tertiary/aromatic N) is 2. The summed E-state index contributed by atoms with van der Waals surface area (Å²) in [7, 11) is 1.55. The van der Waals surface area contributed by atoms with Crippen LogP contribution in [0, 0.1) is 0 Å². The van der Waals surface area contributed by atoms with Gasteiger partial charge >= 0.3 is 0 Å². The van der Waals surface area contributed by atoms with Crippen LogP contribution in [0.5, 0.6) is 5.75 Å². The number of halogens is 2. The maximum absolute atomic E-state index is 12.2. The second-order valence-electron chi connectivity index (χ2n) is 5.21. The van der Waals surface area contributed by atoms with Gasteiger partial charge in [-0.05, 0) is 42.5 Å². The molecule has 8 heteroatoms. The number of methoxy groups -OCH3 is 1. The predicted molar refractivity (Wildman–Crippen MR) is 103 cm³/mol. The third-order valence-corrected chi connectivity index (χ3v) is 4.07. The first-order valence-electron chi connectivity index (χ1n) is 7.57. The summed E-state index contributed by atoms with van der Waals surface area (Å²) in [6.45, 7) is 0. The fraction of sp³-hybridized carbons (Fsp3) is 0.0556. The van der Waals surface area contributed by atoms with E-state index in [0.717, 1.165) is 5.69 Å². The van der Waals surface area contributed by atoms with E-state index >= 15 is 0 Å². The number of amides is 1. The van der Waals surface area contributed by atoms with E-state index in [2.05, 4.69) is 20.8 Å². The highest BCUT2D eigenvalue weighted by Gasteiger charge is 2.11. The molecule has 3 aromatic rings. The number of ether oxygens (including phenoxy) is 1. The van der Waals surface area contributed by atoms with Gasteiger partial charge in [-0.2, -0.15) is 0 Å². The lowest BCUT2D eigenvalue weighted by molar-refractivity contribution is 0.102. The van der Waals surface area contributed by atoms with Gasteiger partial charge in [-0.3, -0.25) is 4.79 Å². The minimum absolute atomic E-state index is 0.313. The number of anilines is 3. The smallest absolute Gasteiger partial charge is 0.258 e. The zero-order valence-corrected chi connectivity index (χ0v) is 15.2. The first-order valence-corrected chi connectivity index (χ1v) is 8.32. The first-order chi connectivity index (χ1) is 12.6. The standard InChI is InChI=1S/C18H14Cl2N4O2/c1-26-15-7-6-11(10-14(15)20)21-16-8-9-17(24-23-16)22-18(25)12-4-2-3-5-13(12)19/h2-10H,1H3,(H,21,23)(H,22,24,25). The van der Waals surface area contributed by atoms with Crippen molar-refractivity contribution < 1.29 is 9.53 Å². The number of benzene rings is 2. The second kappa shape index (κ2) is 8.03. The molecule has 2 aromatic carbocycles. The van der Waals surface area contributed by atoms with Crippen LogP contribution in [-0.4, -0.2) is 23.2 Å². The molecule has 0 bridgehead atoms. The molecule has 1 amide bonds. The highest BCUT2D eigenvalue weighted by atomic mass is 35.5. The zero-order chi connectivity index (χ0) is 18.5. The Kier molecular flexibility index (Phi) is 5.55. The molecule has 0 unspecified atom stereocenters. The average molecular weight is 389 g/mol. The lowest BCUT2D eigenvalue weighted by Gasteiger charge is -2.09. The van der Waals surface area contributed by atoms with Crippen molar-refractivity contribution in [2.45, 2.75) is 0 Å². The molecule has 3 rings (SSSR count). The van der Waals surface area contributed by atoms with Crippen LogP contribution in [0.1, 0.15) is 10.4 Å². The largest absolute Gasteiger partial charge is 0.495 e. The Hall–Kier alpha value is -2.83. The van der Waals surface area contributed by atoms with Crippen molar-refractivity contribution in [2.24, 2.45) is 0 Å². The minimum atomic E-state index is -0.354. The van der Waals surface area contributed by atoms with Gasteiger partial charge in [-0.25, -0.2) is 0 Å². The number of aromatic nitrogens is 2. The maximum Gasteiger partial charge on any atom is 0.258 e. The molecule has 0 saturated carbocycles. The van der Waals surface area contributed by atoms with Gasteiger partial charge in [0.05, 0.1) is 22.7 Å². The quantitative estimate of drug-likeness (QED) is 0.656. The van der Waals surface area contributed by atoms with Gasteiger partial charge in [0.2, 0.25) is 0 Å². The molecule has 0 aliphatic carbocycles. The van der Waals surface area contributed by atoms with Crippen molar-refractivity contribution in [3.05, 3.63) is 70.2 Å². The average Bonchev–Trinajstić information content (AvgIpc) is 2.64. The zero-order valence-electron chi connectivity index (χ0n) is 13.7. The molecule has 0 saturated heterocycles. The number of rotatable bonds is 5. The van der Waals surface area contributed by atoms with Crippen molar-refractivity contribution in [1.82, 2.24) is 10.2 Å². The molecular formula is C18H14Cl2N4O2. The first kappa shape index (κ1) is 18.0. The summed E-state index contributed by atoms with van der Waals surface area (Å²) >= 11 is 12.1. The fourth-order valence-corrected chi connectivity index (χ4v) is 2.67. The molecule has 26 heavy (non-hydrogen) atoms. The van der Waals surface area contributed by atoms with Crippen molar-refractivity contribution in [2.75, 3.05) is 17.7 Å². The van der Waals surface area contributed by atoms with Crippen molar-refractivity contribution in [3.63, 3.8) is 0 Å². The van der Waals surface area contributed by atoms with Crippen LogP contribution in [0.3, 0.4) is 0 Å². The molecule has 6 nitrogen and oxygen atoms in total. The van der Waals surface area contributed by atoms with Gasteiger partial charge in [0.25, 0.3) is 5.91 Å². The van der Waals surface area contributed by atoms with Crippen LogP contribution in [0.15, 0.2) is 54.6 Å². The van der Waals surface area contributed by atoms with Crippen LogP contribution in [0.4, 0.5) is 17.3 Å². The summed E-state index contributed by atoms with van der Waals surface area (Å²) in [5, 5.41) is 14.6. The molecule has 1 heterocycles. The van der Waals surface area contributed by atoms with Crippen LogP contribution in [0.2, 0.25) is 10.0 Å².